The molecule has 0 aliphatic heterocycles. The van der Waals surface area contributed by atoms with E-state index in [2.05, 4.69) is 171 Å². The van der Waals surface area contributed by atoms with Crippen LogP contribution in [0.5, 0.6) is 5.75 Å². The SMILES string of the molecule is CCCCOc1ccc([Si](Cn2ccnc2[B]C(c2ccccc2)c2ccccc2)(c2ccccc2)c2ccccc2)cc1. The third-order valence-electron chi connectivity index (χ3n) is 8.44. The Labute approximate surface area is 263 Å². The molecule has 0 bridgehead atoms. The molecule has 6 aromatic rings. The highest BCUT2D eigenvalue weighted by molar-refractivity contribution is 7.10. The minimum Gasteiger partial charge on any atom is -0.494 e. The van der Waals surface area contributed by atoms with Crippen molar-refractivity contribution in [1.29, 1.82) is 0 Å². The smallest absolute Gasteiger partial charge is 0.215 e. The van der Waals surface area contributed by atoms with Crippen molar-refractivity contribution in [2.45, 2.75) is 31.8 Å². The molecule has 5 heteroatoms. The van der Waals surface area contributed by atoms with Crippen LogP contribution in [-0.2, 0) is 6.17 Å². The Morgan fingerprint density at radius 1 is 0.659 bits per heavy atom. The zero-order valence-corrected chi connectivity index (χ0v) is 26.3. The molecule has 1 aromatic heterocycles. The summed E-state index contributed by atoms with van der Waals surface area (Å²) in [6.45, 7) is 2.93. The third-order valence-corrected chi connectivity index (χ3v) is 13.2. The van der Waals surface area contributed by atoms with Crippen molar-refractivity contribution < 1.29 is 4.74 Å². The number of rotatable bonds is 13. The summed E-state index contributed by atoms with van der Waals surface area (Å²) >= 11 is 0. The molecule has 1 heterocycles. The minimum atomic E-state index is -2.58. The Kier molecular flexibility index (Phi) is 9.54. The van der Waals surface area contributed by atoms with Gasteiger partial charge in [0.1, 0.15) is 5.75 Å². The van der Waals surface area contributed by atoms with Crippen molar-refractivity contribution in [2.24, 2.45) is 0 Å². The predicted molar refractivity (Wildman–Crippen MR) is 187 cm³/mol. The summed E-state index contributed by atoms with van der Waals surface area (Å²) in [5.74, 6) is 1.01. The second kappa shape index (κ2) is 14.2. The van der Waals surface area contributed by atoms with Crippen molar-refractivity contribution >= 4 is 36.6 Å². The second-order valence-corrected chi connectivity index (χ2v) is 15.1. The van der Waals surface area contributed by atoms with Crippen molar-refractivity contribution in [3.05, 3.63) is 169 Å². The van der Waals surface area contributed by atoms with Crippen LogP contribution < -0.4 is 26.0 Å². The van der Waals surface area contributed by atoms with E-state index in [0.29, 0.717) is 0 Å². The lowest BCUT2D eigenvalue weighted by molar-refractivity contribution is 0.309. The lowest BCUT2D eigenvalue weighted by atomic mass is 9.58. The molecule has 3 nitrogen and oxygen atoms in total. The molecule has 0 saturated carbocycles. The molecule has 6 rings (SSSR count). The van der Waals surface area contributed by atoms with Gasteiger partial charge in [-0.3, -0.25) is 4.98 Å². The first kappa shape index (κ1) is 29.5. The van der Waals surface area contributed by atoms with E-state index in [4.69, 9.17) is 9.72 Å². The number of aromatic nitrogens is 2. The molecular weight excluding hydrogens is 551 g/mol. The van der Waals surface area contributed by atoms with Crippen LogP contribution in [0.1, 0.15) is 36.7 Å². The van der Waals surface area contributed by atoms with Crippen molar-refractivity contribution in [3.63, 3.8) is 0 Å². The van der Waals surface area contributed by atoms with Gasteiger partial charge in [0.25, 0.3) is 0 Å². The number of hydrogen-bond acceptors (Lipinski definition) is 2. The summed E-state index contributed by atoms with van der Waals surface area (Å²) in [5, 5.41) is 4.08. The Hall–Kier alpha value is -4.61. The van der Waals surface area contributed by atoms with Gasteiger partial charge >= 0.3 is 0 Å². The zero-order valence-electron chi connectivity index (χ0n) is 25.3. The maximum Gasteiger partial charge on any atom is 0.215 e. The normalized spacial score (nSPS) is 11.4. The Morgan fingerprint density at radius 3 is 1.68 bits per heavy atom. The van der Waals surface area contributed by atoms with E-state index in [1.165, 1.54) is 26.7 Å². The number of unbranched alkanes of at least 4 members (excludes halogenated alkanes) is 1. The van der Waals surface area contributed by atoms with Crippen LogP contribution in [-0.4, -0.2) is 31.5 Å². The van der Waals surface area contributed by atoms with E-state index in [9.17, 15) is 0 Å². The lowest BCUT2D eigenvalue weighted by Crippen LogP contribution is -2.70. The molecule has 0 fully saturated rings. The Balaban J connectivity index is 1.44. The summed E-state index contributed by atoms with van der Waals surface area (Å²) in [6, 6.07) is 52.5. The van der Waals surface area contributed by atoms with Gasteiger partial charge in [-0.15, -0.1) is 0 Å². The van der Waals surface area contributed by atoms with Crippen LogP contribution >= 0.6 is 0 Å². The van der Waals surface area contributed by atoms with Gasteiger partial charge < -0.3 is 9.30 Å². The van der Waals surface area contributed by atoms with Gasteiger partial charge in [-0.2, -0.15) is 0 Å². The van der Waals surface area contributed by atoms with Crippen molar-refractivity contribution in [3.8, 4) is 5.75 Å². The van der Waals surface area contributed by atoms with E-state index < -0.39 is 8.07 Å². The monoisotopic (exact) mass is 589 g/mol. The molecule has 0 atom stereocenters. The molecule has 1 radical (unpaired) electrons. The van der Waals surface area contributed by atoms with Gasteiger partial charge in [-0.25, -0.2) is 0 Å². The standard InChI is InChI=1S/C39H38BN2OSi/c1-2-3-30-43-34-24-26-37(27-25-34)44(35-20-12-6-13-21-35,36-22-14-7-15-23-36)31-42-29-28-41-39(42)40-38(32-16-8-4-9-17-32)33-18-10-5-11-19-33/h4-29,38H,2-3,30-31H2,1H3. The highest BCUT2D eigenvalue weighted by Gasteiger charge is 2.40. The summed E-state index contributed by atoms with van der Waals surface area (Å²) in [5.41, 5.74) is 3.48. The topological polar surface area (TPSA) is 27.1 Å². The van der Waals surface area contributed by atoms with Gasteiger partial charge in [0.05, 0.1) is 12.3 Å². The first-order chi connectivity index (χ1) is 21.8. The molecule has 0 unspecified atom stereocenters. The number of imidazole rings is 1. The van der Waals surface area contributed by atoms with Crippen molar-refractivity contribution in [1.82, 2.24) is 9.55 Å². The fourth-order valence-electron chi connectivity index (χ4n) is 6.11. The molecule has 5 aromatic carbocycles. The van der Waals surface area contributed by atoms with Crippen LogP contribution in [0.15, 0.2) is 158 Å². The van der Waals surface area contributed by atoms with Gasteiger partial charge in [-0.1, -0.05) is 147 Å². The molecular formula is C39H38BN2OSi. The largest absolute Gasteiger partial charge is 0.494 e. The summed E-state index contributed by atoms with van der Waals surface area (Å²) in [7, 11) is -0.259. The second-order valence-electron chi connectivity index (χ2n) is 11.2. The van der Waals surface area contributed by atoms with Gasteiger partial charge in [0.2, 0.25) is 7.28 Å². The molecule has 217 valence electrons. The first-order valence-corrected chi connectivity index (χ1v) is 17.8. The highest BCUT2D eigenvalue weighted by Crippen LogP contribution is 2.23. The summed E-state index contributed by atoms with van der Waals surface area (Å²) < 4.78 is 8.45. The third kappa shape index (κ3) is 6.48. The number of nitrogens with zero attached hydrogens (tertiary/aromatic N) is 2. The molecule has 0 aliphatic rings. The highest BCUT2D eigenvalue weighted by atomic mass is 28.3. The summed E-state index contributed by atoms with van der Waals surface area (Å²) in [4.78, 5) is 4.94. The molecule has 0 N–H and O–H groups in total. The van der Waals surface area contributed by atoms with Crippen LogP contribution in [0.3, 0.4) is 0 Å². The molecule has 0 saturated heterocycles. The number of benzene rings is 5. The van der Waals surface area contributed by atoms with E-state index in [0.717, 1.165) is 37.1 Å². The molecule has 44 heavy (non-hydrogen) atoms. The number of ether oxygens (including phenoxy) is 1. The van der Waals surface area contributed by atoms with E-state index >= 15 is 0 Å². The number of hydrogen-bond donors (Lipinski definition) is 0. The fraction of sp³-hybridized carbons (Fsp3) is 0.154. The van der Waals surface area contributed by atoms with Gasteiger partial charge in [-0.05, 0) is 51.1 Å². The molecule has 0 amide bonds. The van der Waals surface area contributed by atoms with Crippen LogP contribution in [0, 0.1) is 0 Å². The fourth-order valence-corrected chi connectivity index (χ4v) is 10.7. The average molecular weight is 590 g/mol. The van der Waals surface area contributed by atoms with Gasteiger partial charge in [0, 0.05) is 18.6 Å². The minimum absolute atomic E-state index is 0.0858. The average Bonchev–Trinajstić information content (AvgIpc) is 3.54. The van der Waals surface area contributed by atoms with Crippen LogP contribution in [0.2, 0.25) is 0 Å². The van der Waals surface area contributed by atoms with E-state index in [1.54, 1.807) is 0 Å². The van der Waals surface area contributed by atoms with E-state index in [1.807, 2.05) is 6.20 Å². The Morgan fingerprint density at radius 2 is 1.16 bits per heavy atom. The van der Waals surface area contributed by atoms with Gasteiger partial charge in [0.15, 0.2) is 8.07 Å². The van der Waals surface area contributed by atoms with Crippen LogP contribution in [0.25, 0.3) is 0 Å². The van der Waals surface area contributed by atoms with Crippen molar-refractivity contribution in [2.75, 3.05) is 6.61 Å². The quantitative estimate of drug-likeness (QED) is 0.0955. The maximum absolute atomic E-state index is 6.07. The maximum atomic E-state index is 6.07. The first-order valence-electron chi connectivity index (χ1n) is 15.6. The Bertz CT molecular complexity index is 1630. The zero-order chi connectivity index (χ0) is 30.0. The van der Waals surface area contributed by atoms with E-state index in [-0.39, 0.29) is 5.82 Å². The predicted octanol–water partition coefficient (Wildman–Crippen LogP) is 5.89. The molecule has 0 aliphatic carbocycles. The lowest BCUT2D eigenvalue weighted by Gasteiger charge is -2.35. The van der Waals surface area contributed by atoms with Crippen LogP contribution in [0.4, 0.5) is 0 Å². The summed E-state index contributed by atoms with van der Waals surface area (Å²) in [6.07, 6.45) is 7.09. The molecule has 0 spiro atoms.